The van der Waals surface area contributed by atoms with E-state index in [1.807, 2.05) is 30.5 Å². The standard InChI is InChI=1S/C15H22O2S/c1-15(2,3)9-10-17-11-14(16)12-5-7-13(18-4)8-6-12/h5-8H,9-11H2,1-4H3. The van der Waals surface area contributed by atoms with E-state index in [0.29, 0.717) is 6.61 Å². The molecule has 0 atom stereocenters. The molecule has 0 fully saturated rings. The minimum Gasteiger partial charge on any atom is -0.373 e. The van der Waals surface area contributed by atoms with Crippen LogP contribution in [0.25, 0.3) is 0 Å². The van der Waals surface area contributed by atoms with Crippen LogP contribution in [0, 0.1) is 5.41 Å². The summed E-state index contributed by atoms with van der Waals surface area (Å²) >= 11 is 1.67. The summed E-state index contributed by atoms with van der Waals surface area (Å²) in [7, 11) is 0. The Morgan fingerprint density at radius 1 is 1.22 bits per heavy atom. The topological polar surface area (TPSA) is 26.3 Å². The molecule has 1 aromatic carbocycles. The van der Waals surface area contributed by atoms with E-state index in [1.54, 1.807) is 11.8 Å². The molecule has 1 aromatic rings. The van der Waals surface area contributed by atoms with Crippen LogP contribution in [0.15, 0.2) is 29.2 Å². The number of Topliss-reactive ketones (excluding diaryl/α,β-unsaturated/α-hetero) is 1. The van der Waals surface area contributed by atoms with Gasteiger partial charge in [-0.2, -0.15) is 0 Å². The quantitative estimate of drug-likeness (QED) is 0.441. The SMILES string of the molecule is CSc1ccc(C(=O)COCCC(C)(C)C)cc1. The van der Waals surface area contributed by atoms with Crippen molar-refractivity contribution < 1.29 is 9.53 Å². The zero-order valence-electron chi connectivity index (χ0n) is 11.7. The van der Waals surface area contributed by atoms with Crippen LogP contribution >= 0.6 is 11.8 Å². The summed E-state index contributed by atoms with van der Waals surface area (Å²) in [6.45, 7) is 7.31. The van der Waals surface area contributed by atoms with Crippen molar-refractivity contribution in [1.82, 2.24) is 0 Å². The number of ketones is 1. The van der Waals surface area contributed by atoms with Crippen LogP contribution in [0.5, 0.6) is 0 Å². The highest BCUT2D eigenvalue weighted by Crippen LogP contribution is 2.18. The fourth-order valence-corrected chi connectivity index (χ4v) is 1.81. The first-order chi connectivity index (χ1) is 8.42. The molecule has 0 radical (unpaired) electrons. The van der Waals surface area contributed by atoms with Gasteiger partial charge in [-0.05, 0) is 30.2 Å². The number of hydrogen-bond acceptors (Lipinski definition) is 3. The minimum absolute atomic E-state index is 0.0524. The molecule has 0 aliphatic carbocycles. The number of ether oxygens (including phenoxy) is 1. The summed E-state index contributed by atoms with van der Waals surface area (Å²) in [6, 6.07) is 7.66. The molecule has 0 saturated carbocycles. The van der Waals surface area contributed by atoms with Crippen molar-refractivity contribution in [3.63, 3.8) is 0 Å². The molecule has 0 aromatic heterocycles. The zero-order chi connectivity index (χ0) is 13.6. The third kappa shape index (κ3) is 5.69. The van der Waals surface area contributed by atoms with E-state index >= 15 is 0 Å². The Morgan fingerprint density at radius 2 is 1.83 bits per heavy atom. The molecular weight excluding hydrogens is 244 g/mol. The first-order valence-electron chi connectivity index (χ1n) is 6.17. The zero-order valence-corrected chi connectivity index (χ0v) is 12.5. The van der Waals surface area contributed by atoms with Crippen molar-refractivity contribution in [1.29, 1.82) is 0 Å². The Labute approximate surface area is 114 Å². The van der Waals surface area contributed by atoms with Gasteiger partial charge in [0.05, 0.1) is 0 Å². The van der Waals surface area contributed by atoms with E-state index in [2.05, 4.69) is 20.8 Å². The number of thioether (sulfide) groups is 1. The lowest BCUT2D eigenvalue weighted by Gasteiger charge is -2.17. The summed E-state index contributed by atoms with van der Waals surface area (Å²) in [4.78, 5) is 13.0. The van der Waals surface area contributed by atoms with Crippen LogP contribution in [0.3, 0.4) is 0 Å². The van der Waals surface area contributed by atoms with E-state index in [9.17, 15) is 4.79 Å². The average molecular weight is 266 g/mol. The van der Waals surface area contributed by atoms with Crippen molar-refractivity contribution in [2.75, 3.05) is 19.5 Å². The van der Waals surface area contributed by atoms with Crippen molar-refractivity contribution in [2.24, 2.45) is 5.41 Å². The Balaban J connectivity index is 2.36. The van der Waals surface area contributed by atoms with Crippen LogP contribution < -0.4 is 0 Å². The Bertz CT molecular complexity index is 376. The van der Waals surface area contributed by atoms with E-state index in [4.69, 9.17) is 4.74 Å². The van der Waals surface area contributed by atoms with Crippen LogP contribution in [-0.4, -0.2) is 25.3 Å². The summed E-state index contributed by atoms with van der Waals surface area (Å²) in [5.41, 5.74) is 0.979. The molecule has 3 heteroatoms. The van der Waals surface area contributed by atoms with E-state index in [-0.39, 0.29) is 17.8 Å². The van der Waals surface area contributed by atoms with Gasteiger partial charge in [0, 0.05) is 17.1 Å². The predicted molar refractivity (Wildman–Crippen MR) is 77.4 cm³/mol. The largest absolute Gasteiger partial charge is 0.373 e. The number of hydrogen-bond donors (Lipinski definition) is 0. The third-order valence-corrected chi connectivity index (χ3v) is 3.39. The van der Waals surface area contributed by atoms with Crippen molar-refractivity contribution in [2.45, 2.75) is 32.1 Å². The highest BCUT2D eigenvalue weighted by molar-refractivity contribution is 7.98. The summed E-state index contributed by atoms with van der Waals surface area (Å²) in [6.07, 6.45) is 2.98. The molecule has 0 aliphatic heterocycles. The fourth-order valence-electron chi connectivity index (χ4n) is 1.40. The van der Waals surface area contributed by atoms with Gasteiger partial charge in [-0.25, -0.2) is 0 Å². The Kier molecular flexibility index (Phi) is 5.89. The highest BCUT2D eigenvalue weighted by Gasteiger charge is 2.11. The molecule has 100 valence electrons. The lowest BCUT2D eigenvalue weighted by Crippen LogP contribution is -2.14. The van der Waals surface area contributed by atoms with Gasteiger partial charge < -0.3 is 4.74 Å². The predicted octanol–water partition coefficient (Wildman–Crippen LogP) is 4.04. The van der Waals surface area contributed by atoms with Crippen molar-refractivity contribution in [3.8, 4) is 0 Å². The number of rotatable bonds is 6. The first-order valence-corrected chi connectivity index (χ1v) is 7.40. The monoisotopic (exact) mass is 266 g/mol. The van der Waals surface area contributed by atoms with E-state index in [0.717, 1.165) is 12.0 Å². The molecular formula is C15H22O2S. The van der Waals surface area contributed by atoms with Crippen LogP contribution in [0.2, 0.25) is 0 Å². The Hall–Kier alpha value is -0.800. The summed E-state index contributed by atoms with van der Waals surface area (Å²) in [5.74, 6) is 0.0524. The van der Waals surface area contributed by atoms with E-state index < -0.39 is 0 Å². The molecule has 0 unspecified atom stereocenters. The van der Waals surface area contributed by atoms with Crippen LogP contribution in [-0.2, 0) is 4.74 Å². The Morgan fingerprint density at radius 3 is 2.33 bits per heavy atom. The van der Waals surface area contributed by atoms with Crippen LogP contribution in [0.4, 0.5) is 0 Å². The van der Waals surface area contributed by atoms with Gasteiger partial charge in [0.1, 0.15) is 6.61 Å². The number of carbonyl (C=O) groups excluding carboxylic acids is 1. The summed E-state index contributed by atoms with van der Waals surface area (Å²) < 4.78 is 5.43. The lowest BCUT2D eigenvalue weighted by molar-refractivity contribution is 0.0705. The van der Waals surface area contributed by atoms with Crippen molar-refractivity contribution in [3.05, 3.63) is 29.8 Å². The molecule has 0 saturated heterocycles. The maximum Gasteiger partial charge on any atom is 0.188 e. The molecule has 0 aliphatic rings. The molecule has 1 rings (SSSR count). The second-order valence-corrected chi connectivity index (χ2v) is 6.39. The average Bonchev–Trinajstić information content (AvgIpc) is 2.33. The normalized spacial score (nSPS) is 11.6. The van der Waals surface area contributed by atoms with Gasteiger partial charge >= 0.3 is 0 Å². The van der Waals surface area contributed by atoms with Gasteiger partial charge in [-0.3, -0.25) is 4.79 Å². The van der Waals surface area contributed by atoms with E-state index in [1.165, 1.54) is 4.90 Å². The maximum absolute atomic E-state index is 11.8. The first kappa shape index (κ1) is 15.3. The van der Waals surface area contributed by atoms with Crippen LogP contribution in [0.1, 0.15) is 37.6 Å². The minimum atomic E-state index is 0.0524. The number of carbonyl (C=O) groups is 1. The highest BCUT2D eigenvalue weighted by atomic mass is 32.2. The second-order valence-electron chi connectivity index (χ2n) is 5.51. The third-order valence-electron chi connectivity index (χ3n) is 2.64. The van der Waals surface area contributed by atoms with Gasteiger partial charge in [0.15, 0.2) is 5.78 Å². The molecule has 0 N–H and O–H groups in total. The van der Waals surface area contributed by atoms with Gasteiger partial charge in [0.25, 0.3) is 0 Å². The lowest BCUT2D eigenvalue weighted by atomic mass is 9.93. The molecule has 0 bridgehead atoms. The maximum atomic E-state index is 11.8. The second kappa shape index (κ2) is 6.95. The molecule has 18 heavy (non-hydrogen) atoms. The van der Waals surface area contributed by atoms with Gasteiger partial charge in [-0.1, -0.05) is 32.9 Å². The molecule has 2 nitrogen and oxygen atoms in total. The molecule has 0 amide bonds. The molecule has 0 spiro atoms. The van der Waals surface area contributed by atoms with Gasteiger partial charge in [-0.15, -0.1) is 11.8 Å². The van der Waals surface area contributed by atoms with Gasteiger partial charge in [0.2, 0.25) is 0 Å². The molecule has 0 heterocycles. The smallest absolute Gasteiger partial charge is 0.188 e. The number of benzene rings is 1. The fraction of sp³-hybridized carbons (Fsp3) is 0.533. The summed E-state index contributed by atoms with van der Waals surface area (Å²) in [5, 5.41) is 0. The van der Waals surface area contributed by atoms with Crippen molar-refractivity contribution >= 4 is 17.5 Å².